The van der Waals surface area contributed by atoms with Crippen molar-refractivity contribution in [1.29, 1.82) is 0 Å². The Morgan fingerprint density at radius 1 is 0.968 bits per heavy atom. The molecule has 3 heterocycles. The molecule has 2 fully saturated rings. The molecule has 1 aromatic heterocycles. The van der Waals surface area contributed by atoms with Crippen LogP contribution in [0.15, 0.2) is 29.4 Å². The summed E-state index contributed by atoms with van der Waals surface area (Å²) in [7, 11) is 0. The van der Waals surface area contributed by atoms with E-state index in [9.17, 15) is 19.2 Å². The van der Waals surface area contributed by atoms with E-state index in [1.807, 2.05) is 24.3 Å². The molecule has 0 saturated carbocycles. The van der Waals surface area contributed by atoms with E-state index >= 15 is 0 Å². The lowest BCUT2D eigenvalue weighted by Crippen LogP contribution is -2.53. The van der Waals surface area contributed by atoms with Gasteiger partial charge in [0.1, 0.15) is 6.54 Å². The van der Waals surface area contributed by atoms with Gasteiger partial charge in [-0.15, -0.1) is 0 Å². The number of thioether (sulfide) groups is 1. The summed E-state index contributed by atoms with van der Waals surface area (Å²) in [6.07, 6.45) is 0.357. The number of para-hydroxylation sites is 2. The molecule has 4 amide bonds. The van der Waals surface area contributed by atoms with Crippen LogP contribution in [0.5, 0.6) is 0 Å². The zero-order valence-electron chi connectivity index (χ0n) is 17.5. The van der Waals surface area contributed by atoms with Crippen LogP contribution in [-0.2, 0) is 25.7 Å². The van der Waals surface area contributed by atoms with E-state index in [-0.39, 0.29) is 48.8 Å². The summed E-state index contributed by atoms with van der Waals surface area (Å²) < 4.78 is 2.10. The number of rotatable bonds is 6. The summed E-state index contributed by atoms with van der Waals surface area (Å²) in [5, 5.41) is 0.825. The quantitative estimate of drug-likeness (QED) is 0.488. The van der Waals surface area contributed by atoms with Crippen LogP contribution in [-0.4, -0.2) is 86.4 Å². The van der Waals surface area contributed by atoms with Crippen molar-refractivity contribution < 1.29 is 19.2 Å². The summed E-state index contributed by atoms with van der Waals surface area (Å²) in [6, 6.07) is 7.92. The van der Waals surface area contributed by atoms with E-state index in [0.717, 1.165) is 27.6 Å². The molecular weight excluding hydrogens is 418 g/mol. The molecule has 0 N–H and O–H groups in total. The van der Waals surface area contributed by atoms with Crippen LogP contribution in [0.2, 0.25) is 0 Å². The predicted molar refractivity (Wildman–Crippen MR) is 115 cm³/mol. The Kier molecular flexibility index (Phi) is 6.26. The average Bonchev–Trinajstić information content (AvgIpc) is 3.31. The van der Waals surface area contributed by atoms with Gasteiger partial charge >= 0.3 is 0 Å². The summed E-state index contributed by atoms with van der Waals surface area (Å²) in [5.41, 5.74) is 1.98. The summed E-state index contributed by atoms with van der Waals surface area (Å²) in [6.45, 7) is 4.32. The maximum absolute atomic E-state index is 12.7. The zero-order valence-corrected chi connectivity index (χ0v) is 18.3. The molecule has 9 nitrogen and oxygen atoms in total. The minimum Gasteiger partial charge on any atom is -0.338 e. The third-order valence-corrected chi connectivity index (χ3v) is 6.65. The molecule has 0 radical (unpaired) electrons. The molecule has 0 unspecified atom stereocenters. The molecule has 10 heteroatoms. The van der Waals surface area contributed by atoms with Crippen molar-refractivity contribution in [2.24, 2.45) is 0 Å². The van der Waals surface area contributed by atoms with Crippen molar-refractivity contribution in [1.82, 2.24) is 24.3 Å². The number of amides is 4. The molecule has 0 bridgehead atoms. The standard InChI is InChI=1S/C21H25N5O4S/c1-2-25-16-6-4-3-5-15(16)22-21(25)31-14-20(30)24-11-9-23(10-12-24)19(29)13-26-17(27)7-8-18(26)28/h3-6H,2,7-14H2,1H3. The first-order valence-corrected chi connectivity index (χ1v) is 11.4. The van der Waals surface area contributed by atoms with Crippen LogP contribution < -0.4 is 0 Å². The summed E-state index contributed by atoms with van der Waals surface area (Å²) in [5.74, 6) is -0.531. The van der Waals surface area contributed by atoms with Gasteiger partial charge in [-0.05, 0) is 19.1 Å². The van der Waals surface area contributed by atoms with E-state index in [0.29, 0.717) is 26.2 Å². The van der Waals surface area contributed by atoms with Gasteiger partial charge in [0.05, 0.1) is 16.8 Å². The second-order valence-electron chi connectivity index (χ2n) is 7.55. The lowest BCUT2D eigenvalue weighted by atomic mass is 10.3. The molecule has 1 aromatic carbocycles. The van der Waals surface area contributed by atoms with Gasteiger partial charge in [-0.1, -0.05) is 23.9 Å². The van der Waals surface area contributed by atoms with E-state index in [1.165, 1.54) is 11.8 Å². The summed E-state index contributed by atoms with van der Waals surface area (Å²) in [4.78, 5) is 57.6. The number of hydrogen-bond acceptors (Lipinski definition) is 6. The van der Waals surface area contributed by atoms with Crippen molar-refractivity contribution >= 4 is 46.4 Å². The Morgan fingerprint density at radius 3 is 2.23 bits per heavy atom. The fraction of sp³-hybridized carbons (Fsp3) is 0.476. The topological polar surface area (TPSA) is 95.8 Å². The number of carbonyl (C=O) groups is 4. The Bertz CT molecular complexity index is 1010. The molecule has 2 aliphatic rings. The highest BCUT2D eigenvalue weighted by molar-refractivity contribution is 7.99. The molecular formula is C21H25N5O4S. The normalized spacial score (nSPS) is 17.1. The maximum Gasteiger partial charge on any atom is 0.242 e. The summed E-state index contributed by atoms with van der Waals surface area (Å²) >= 11 is 1.43. The molecule has 0 spiro atoms. The van der Waals surface area contributed by atoms with Crippen molar-refractivity contribution in [2.45, 2.75) is 31.5 Å². The number of carbonyl (C=O) groups excluding carboxylic acids is 4. The number of aromatic nitrogens is 2. The Hall–Kier alpha value is -2.88. The van der Waals surface area contributed by atoms with Crippen molar-refractivity contribution in [3.8, 4) is 0 Å². The fourth-order valence-corrected chi connectivity index (χ4v) is 4.91. The Balaban J connectivity index is 1.28. The third-order valence-electron chi connectivity index (χ3n) is 5.69. The number of fused-ring (bicyclic) bond motifs is 1. The van der Waals surface area contributed by atoms with Gasteiger partial charge in [-0.2, -0.15) is 0 Å². The van der Waals surface area contributed by atoms with E-state index in [1.54, 1.807) is 9.80 Å². The van der Waals surface area contributed by atoms with Crippen molar-refractivity contribution in [3.63, 3.8) is 0 Å². The van der Waals surface area contributed by atoms with Crippen LogP contribution >= 0.6 is 11.8 Å². The highest BCUT2D eigenvalue weighted by Gasteiger charge is 2.33. The van der Waals surface area contributed by atoms with Crippen molar-refractivity contribution in [2.75, 3.05) is 38.5 Å². The van der Waals surface area contributed by atoms with Crippen LogP contribution in [0.1, 0.15) is 19.8 Å². The average molecular weight is 444 g/mol. The van der Waals surface area contributed by atoms with Gasteiger partial charge in [-0.3, -0.25) is 24.1 Å². The fourth-order valence-electron chi connectivity index (χ4n) is 3.93. The number of benzene rings is 1. The number of imide groups is 1. The molecule has 2 saturated heterocycles. The van der Waals surface area contributed by atoms with Gasteiger partial charge in [-0.25, -0.2) is 4.98 Å². The number of nitrogens with zero attached hydrogens (tertiary/aromatic N) is 5. The highest BCUT2D eigenvalue weighted by Crippen LogP contribution is 2.24. The Morgan fingerprint density at radius 2 is 1.58 bits per heavy atom. The predicted octanol–water partition coefficient (Wildman–Crippen LogP) is 0.968. The second-order valence-corrected chi connectivity index (χ2v) is 8.49. The first kappa shape index (κ1) is 21.4. The van der Waals surface area contributed by atoms with Crippen molar-refractivity contribution in [3.05, 3.63) is 24.3 Å². The number of imidazole rings is 1. The number of aryl methyl sites for hydroxylation is 1. The number of likely N-dealkylation sites (tertiary alicyclic amines) is 1. The van der Waals surface area contributed by atoms with E-state index in [2.05, 4.69) is 16.5 Å². The lowest BCUT2D eigenvalue weighted by Gasteiger charge is -2.35. The second kappa shape index (κ2) is 9.09. The van der Waals surface area contributed by atoms with Gasteiger partial charge in [0.25, 0.3) is 0 Å². The molecule has 2 aliphatic heterocycles. The molecule has 0 atom stereocenters. The third kappa shape index (κ3) is 4.43. The van der Waals surface area contributed by atoms with E-state index < -0.39 is 0 Å². The molecule has 0 aliphatic carbocycles. The first-order chi connectivity index (χ1) is 15.0. The number of piperazine rings is 1. The van der Waals surface area contributed by atoms with Gasteiger partial charge in [0, 0.05) is 45.6 Å². The molecule has 31 heavy (non-hydrogen) atoms. The minimum absolute atomic E-state index is 0.0108. The first-order valence-electron chi connectivity index (χ1n) is 10.4. The lowest BCUT2D eigenvalue weighted by molar-refractivity contribution is -0.146. The zero-order chi connectivity index (χ0) is 22.0. The van der Waals surface area contributed by atoms with Crippen LogP contribution in [0.3, 0.4) is 0 Å². The minimum atomic E-state index is -0.290. The SMILES string of the molecule is CCn1c(SCC(=O)N2CCN(C(=O)CN3C(=O)CCC3=O)CC2)nc2ccccc21. The number of hydrogen-bond donors (Lipinski definition) is 0. The van der Waals surface area contributed by atoms with E-state index in [4.69, 9.17) is 0 Å². The van der Waals surface area contributed by atoms with Gasteiger partial charge in [0.15, 0.2) is 5.16 Å². The largest absolute Gasteiger partial charge is 0.338 e. The monoisotopic (exact) mass is 443 g/mol. The molecule has 164 valence electrons. The highest BCUT2D eigenvalue weighted by atomic mass is 32.2. The molecule has 4 rings (SSSR count). The molecule has 2 aromatic rings. The van der Waals surface area contributed by atoms with Crippen LogP contribution in [0, 0.1) is 0 Å². The van der Waals surface area contributed by atoms with Crippen LogP contribution in [0.25, 0.3) is 11.0 Å². The van der Waals surface area contributed by atoms with Crippen LogP contribution in [0.4, 0.5) is 0 Å². The smallest absolute Gasteiger partial charge is 0.242 e. The van der Waals surface area contributed by atoms with Gasteiger partial charge in [0.2, 0.25) is 23.6 Å². The van der Waals surface area contributed by atoms with Gasteiger partial charge < -0.3 is 14.4 Å². The maximum atomic E-state index is 12.7. The Labute approximate surface area is 184 Å².